The van der Waals surface area contributed by atoms with Gasteiger partial charge in [0.15, 0.2) is 0 Å². The van der Waals surface area contributed by atoms with E-state index < -0.39 is 17.6 Å². The number of halogens is 5. The summed E-state index contributed by atoms with van der Waals surface area (Å²) in [5.41, 5.74) is -1.24. The first-order chi connectivity index (χ1) is 13.2. The standard InChI is InChI=1S/C18H16ClF4N3O2/c19-11-1-2-15(13(5-11)18(21,22)23)26-12-6-14(20)16(24-7-12)8-25-17(27)10-3-4-28-9-10/h1-2,5-7,10,26H,3-4,8-9H2,(H,25,27)/t10-/m1/s1. The molecule has 2 N–H and O–H groups in total. The second-order valence-electron chi connectivity index (χ2n) is 6.24. The largest absolute Gasteiger partial charge is 0.418 e. The molecule has 2 heterocycles. The molecule has 1 aliphatic heterocycles. The number of benzene rings is 1. The second kappa shape index (κ2) is 8.32. The molecule has 28 heavy (non-hydrogen) atoms. The van der Waals surface area contributed by atoms with Gasteiger partial charge in [-0.2, -0.15) is 13.2 Å². The number of carbonyl (C=O) groups is 1. The van der Waals surface area contributed by atoms with E-state index in [-0.39, 0.29) is 40.5 Å². The van der Waals surface area contributed by atoms with Crippen LogP contribution in [0.25, 0.3) is 0 Å². The fourth-order valence-electron chi connectivity index (χ4n) is 2.74. The van der Waals surface area contributed by atoms with Gasteiger partial charge >= 0.3 is 6.18 Å². The zero-order valence-corrected chi connectivity index (χ0v) is 15.2. The van der Waals surface area contributed by atoms with Crippen molar-refractivity contribution in [1.29, 1.82) is 0 Å². The van der Waals surface area contributed by atoms with Crippen LogP contribution in [0.3, 0.4) is 0 Å². The Morgan fingerprint density at radius 2 is 2.11 bits per heavy atom. The number of aromatic nitrogens is 1. The van der Waals surface area contributed by atoms with Gasteiger partial charge in [-0.1, -0.05) is 11.6 Å². The minimum atomic E-state index is -4.63. The van der Waals surface area contributed by atoms with E-state index in [1.807, 2.05) is 0 Å². The summed E-state index contributed by atoms with van der Waals surface area (Å²) in [6.07, 6.45) is -2.83. The lowest BCUT2D eigenvalue weighted by Gasteiger charge is -2.15. The van der Waals surface area contributed by atoms with Gasteiger partial charge in [0.25, 0.3) is 0 Å². The SMILES string of the molecule is O=C(NCc1ncc(Nc2ccc(Cl)cc2C(F)(F)F)cc1F)[C@@H]1CCOC1. The van der Waals surface area contributed by atoms with E-state index in [0.29, 0.717) is 19.6 Å². The normalized spacial score (nSPS) is 16.8. The third kappa shape index (κ3) is 4.90. The third-order valence-corrected chi connectivity index (χ3v) is 4.45. The highest BCUT2D eigenvalue weighted by molar-refractivity contribution is 6.30. The van der Waals surface area contributed by atoms with Crippen LogP contribution in [0.2, 0.25) is 5.02 Å². The van der Waals surface area contributed by atoms with Crippen LogP contribution in [-0.4, -0.2) is 24.1 Å². The Morgan fingerprint density at radius 1 is 1.32 bits per heavy atom. The van der Waals surface area contributed by atoms with Crippen molar-refractivity contribution in [3.63, 3.8) is 0 Å². The van der Waals surface area contributed by atoms with E-state index in [2.05, 4.69) is 15.6 Å². The van der Waals surface area contributed by atoms with Gasteiger partial charge in [0.2, 0.25) is 5.91 Å². The van der Waals surface area contributed by atoms with Gasteiger partial charge in [-0.05, 0) is 24.6 Å². The van der Waals surface area contributed by atoms with Crippen molar-refractivity contribution < 1.29 is 27.1 Å². The van der Waals surface area contributed by atoms with Crippen LogP contribution in [0.1, 0.15) is 17.7 Å². The number of anilines is 2. The van der Waals surface area contributed by atoms with Crippen molar-refractivity contribution in [1.82, 2.24) is 10.3 Å². The monoisotopic (exact) mass is 417 g/mol. The molecule has 1 aromatic carbocycles. The number of amides is 1. The van der Waals surface area contributed by atoms with Crippen molar-refractivity contribution in [2.24, 2.45) is 5.92 Å². The fraction of sp³-hybridized carbons (Fsp3) is 0.333. The van der Waals surface area contributed by atoms with Crippen LogP contribution in [-0.2, 0) is 22.3 Å². The first-order valence-corrected chi connectivity index (χ1v) is 8.75. The summed E-state index contributed by atoms with van der Waals surface area (Å²) in [5, 5.41) is 5.01. The summed E-state index contributed by atoms with van der Waals surface area (Å²) < 4.78 is 58.8. The summed E-state index contributed by atoms with van der Waals surface area (Å²) in [7, 11) is 0. The fourth-order valence-corrected chi connectivity index (χ4v) is 2.91. The average Bonchev–Trinajstić information content (AvgIpc) is 3.16. The predicted molar refractivity (Wildman–Crippen MR) is 94.7 cm³/mol. The number of alkyl halides is 3. The highest BCUT2D eigenvalue weighted by atomic mass is 35.5. The lowest BCUT2D eigenvalue weighted by molar-refractivity contribution is -0.137. The third-order valence-electron chi connectivity index (χ3n) is 4.21. The molecule has 1 amide bonds. The number of nitrogens with one attached hydrogen (secondary N) is 2. The van der Waals surface area contributed by atoms with Crippen LogP contribution in [0, 0.1) is 11.7 Å². The second-order valence-corrected chi connectivity index (χ2v) is 6.68. The molecule has 0 bridgehead atoms. The van der Waals surface area contributed by atoms with Gasteiger partial charge < -0.3 is 15.4 Å². The molecule has 1 aliphatic rings. The number of ether oxygens (including phenoxy) is 1. The molecule has 0 unspecified atom stereocenters. The highest BCUT2D eigenvalue weighted by Gasteiger charge is 2.34. The molecule has 150 valence electrons. The Kier molecular flexibility index (Phi) is 6.04. The molecule has 3 rings (SSSR count). The molecule has 0 radical (unpaired) electrons. The van der Waals surface area contributed by atoms with Crippen LogP contribution >= 0.6 is 11.6 Å². The Labute approximate surface area is 163 Å². The Bertz CT molecular complexity index is 870. The number of rotatable bonds is 5. The molecule has 1 atom stereocenters. The Balaban J connectivity index is 1.70. The molecule has 1 saturated heterocycles. The summed E-state index contributed by atoms with van der Waals surface area (Å²) in [5.74, 6) is -1.28. The van der Waals surface area contributed by atoms with Crippen LogP contribution in [0.15, 0.2) is 30.5 Å². The number of pyridine rings is 1. The maximum absolute atomic E-state index is 14.3. The average molecular weight is 418 g/mol. The Hall–Kier alpha value is -2.39. The molecule has 0 saturated carbocycles. The lowest BCUT2D eigenvalue weighted by Crippen LogP contribution is -2.31. The van der Waals surface area contributed by atoms with Crippen LogP contribution < -0.4 is 10.6 Å². The molecule has 5 nitrogen and oxygen atoms in total. The first-order valence-electron chi connectivity index (χ1n) is 8.37. The smallest absolute Gasteiger partial charge is 0.381 e. The van der Waals surface area contributed by atoms with Gasteiger partial charge in [-0.15, -0.1) is 0 Å². The van der Waals surface area contributed by atoms with E-state index >= 15 is 0 Å². The van der Waals surface area contributed by atoms with E-state index in [1.165, 1.54) is 12.3 Å². The topological polar surface area (TPSA) is 63.2 Å². The quantitative estimate of drug-likeness (QED) is 0.712. The molecular weight excluding hydrogens is 402 g/mol. The molecule has 0 spiro atoms. The summed E-state index contributed by atoms with van der Waals surface area (Å²) >= 11 is 5.64. The van der Waals surface area contributed by atoms with Gasteiger partial charge in [-0.3, -0.25) is 9.78 Å². The molecular formula is C18H16ClF4N3O2. The molecule has 2 aromatic rings. The zero-order valence-electron chi connectivity index (χ0n) is 14.4. The number of nitrogens with zero attached hydrogens (tertiary/aromatic N) is 1. The van der Waals surface area contributed by atoms with Crippen molar-refractivity contribution in [3.8, 4) is 0 Å². The van der Waals surface area contributed by atoms with E-state index in [1.54, 1.807) is 0 Å². The zero-order chi connectivity index (χ0) is 20.3. The number of carbonyl (C=O) groups excluding carboxylic acids is 1. The summed E-state index contributed by atoms with van der Waals surface area (Å²) in [6, 6.07) is 4.24. The number of hydrogen-bond acceptors (Lipinski definition) is 4. The minimum Gasteiger partial charge on any atom is -0.381 e. The van der Waals surface area contributed by atoms with Crippen molar-refractivity contribution in [2.45, 2.75) is 19.1 Å². The summed E-state index contributed by atoms with van der Waals surface area (Å²) in [6.45, 7) is 0.707. The van der Waals surface area contributed by atoms with E-state index in [0.717, 1.165) is 18.2 Å². The Morgan fingerprint density at radius 3 is 2.75 bits per heavy atom. The molecule has 10 heteroatoms. The van der Waals surface area contributed by atoms with E-state index in [9.17, 15) is 22.4 Å². The van der Waals surface area contributed by atoms with Gasteiger partial charge in [0, 0.05) is 17.7 Å². The van der Waals surface area contributed by atoms with Crippen molar-refractivity contribution in [3.05, 3.63) is 52.6 Å². The van der Waals surface area contributed by atoms with Crippen molar-refractivity contribution in [2.75, 3.05) is 18.5 Å². The van der Waals surface area contributed by atoms with E-state index in [4.69, 9.17) is 16.3 Å². The van der Waals surface area contributed by atoms with Crippen LogP contribution in [0.5, 0.6) is 0 Å². The van der Waals surface area contributed by atoms with Gasteiger partial charge in [0.1, 0.15) is 5.82 Å². The van der Waals surface area contributed by atoms with Gasteiger partial charge in [0.05, 0.1) is 47.9 Å². The maximum atomic E-state index is 14.3. The number of hydrogen-bond donors (Lipinski definition) is 2. The van der Waals surface area contributed by atoms with Gasteiger partial charge in [-0.25, -0.2) is 4.39 Å². The predicted octanol–water partition coefficient (Wildman–Crippen LogP) is 4.29. The highest BCUT2D eigenvalue weighted by Crippen LogP contribution is 2.37. The summed E-state index contributed by atoms with van der Waals surface area (Å²) in [4.78, 5) is 15.8. The molecule has 0 aliphatic carbocycles. The lowest BCUT2D eigenvalue weighted by atomic mass is 10.1. The first kappa shape index (κ1) is 20.3. The molecule has 1 fully saturated rings. The maximum Gasteiger partial charge on any atom is 0.418 e. The minimum absolute atomic E-state index is 0.0232. The van der Waals surface area contributed by atoms with Crippen LogP contribution in [0.4, 0.5) is 28.9 Å². The van der Waals surface area contributed by atoms with Crippen molar-refractivity contribution >= 4 is 28.9 Å². The molecule has 1 aromatic heterocycles.